The van der Waals surface area contributed by atoms with Crippen LogP contribution in [0.4, 0.5) is 0 Å². The van der Waals surface area contributed by atoms with Crippen LogP contribution in [0.3, 0.4) is 0 Å². The van der Waals surface area contributed by atoms with Gasteiger partial charge in [0.1, 0.15) is 0 Å². The Kier molecular flexibility index (Phi) is 15.5. The van der Waals surface area contributed by atoms with Gasteiger partial charge in [-0.25, -0.2) is 0 Å². The van der Waals surface area contributed by atoms with Crippen molar-refractivity contribution in [2.24, 2.45) is 5.92 Å². The number of hydrogen-bond donors (Lipinski definition) is 1. The van der Waals surface area contributed by atoms with Gasteiger partial charge in [-0.05, 0) is 38.5 Å². The van der Waals surface area contributed by atoms with Crippen LogP contribution >= 0.6 is 0 Å². The number of rotatable bonds is 18. The van der Waals surface area contributed by atoms with Crippen LogP contribution in [0.25, 0.3) is 0 Å². The molecule has 0 bridgehead atoms. The molecule has 0 aliphatic carbocycles. The van der Waals surface area contributed by atoms with Crippen LogP contribution in [0.5, 0.6) is 0 Å². The number of nitrogens with one attached hydrogen (secondary N) is 1. The maximum absolute atomic E-state index is 11.9. The Morgan fingerprint density at radius 1 is 0.889 bits per heavy atom. The monoisotopic (exact) mass is 379 g/mol. The van der Waals surface area contributed by atoms with Crippen LogP contribution in [0, 0.1) is 5.92 Å². The van der Waals surface area contributed by atoms with E-state index in [9.17, 15) is 4.79 Å². The lowest BCUT2D eigenvalue weighted by Crippen LogP contribution is -2.46. The van der Waals surface area contributed by atoms with Crippen LogP contribution in [0.15, 0.2) is 12.2 Å². The first-order valence-electron chi connectivity index (χ1n) is 11.8. The maximum Gasteiger partial charge on any atom is 0.220 e. The Bertz CT molecular complexity index is 379. The average molecular weight is 380 g/mol. The molecule has 0 aromatic rings. The van der Waals surface area contributed by atoms with Crippen LogP contribution < -0.4 is 5.32 Å². The second kappa shape index (κ2) is 17.3. The first-order chi connectivity index (χ1) is 13.3. The normalized spacial score (nSPS) is 19.3. The van der Waals surface area contributed by atoms with Crippen molar-refractivity contribution in [3.05, 3.63) is 12.2 Å². The van der Waals surface area contributed by atoms with Gasteiger partial charge in [-0.2, -0.15) is 0 Å². The fraction of sp³-hybridized carbons (Fsp3) is 0.875. The predicted molar refractivity (Wildman–Crippen MR) is 116 cm³/mol. The van der Waals surface area contributed by atoms with Gasteiger partial charge in [0, 0.05) is 18.9 Å². The summed E-state index contributed by atoms with van der Waals surface area (Å²) in [6.07, 6.45) is 23.7. The van der Waals surface area contributed by atoms with Gasteiger partial charge in [-0.3, -0.25) is 4.79 Å². The third kappa shape index (κ3) is 13.1. The van der Waals surface area contributed by atoms with E-state index in [1.165, 1.54) is 77.0 Å². The molecule has 2 unspecified atom stereocenters. The summed E-state index contributed by atoms with van der Waals surface area (Å²) in [5.74, 6) is 0.752. The van der Waals surface area contributed by atoms with Crippen molar-refractivity contribution < 1.29 is 9.53 Å². The summed E-state index contributed by atoms with van der Waals surface area (Å²) < 4.78 is 5.46. The Morgan fingerprint density at radius 2 is 1.48 bits per heavy atom. The molecule has 1 heterocycles. The van der Waals surface area contributed by atoms with Gasteiger partial charge in [-0.15, -0.1) is 0 Å². The number of allylic oxidation sites excluding steroid dienone is 2. The molecule has 1 fully saturated rings. The second-order valence-electron chi connectivity index (χ2n) is 8.18. The van der Waals surface area contributed by atoms with Gasteiger partial charge in [0.25, 0.3) is 0 Å². The molecule has 3 heteroatoms. The number of carbonyl (C=O) groups excluding carboxylic acids is 1. The molecule has 1 N–H and O–H groups in total. The molecule has 1 saturated heterocycles. The fourth-order valence-corrected chi connectivity index (χ4v) is 3.70. The van der Waals surface area contributed by atoms with E-state index in [-0.39, 0.29) is 5.91 Å². The van der Waals surface area contributed by atoms with Gasteiger partial charge in [0.2, 0.25) is 5.91 Å². The highest BCUT2D eigenvalue weighted by Crippen LogP contribution is 2.22. The zero-order valence-corrected chi connectivity index (χ0v) is 18.1. The van der Waals surface area contributed by atoms with E-state index >= 15 is 0 Å². The lowest BCUT2D eigenvalue weighted by molar-refractivity contribution is -0.128. The molecular formula is C24H45NO2. The fourth-order valence-electron chi connectivity index (χ4n) is 3.70. The highest BCUT2D eigenvalue weighted by Gasteiger charge is 2.30. The third-order valence-electron chi connectivity index (χ3n) is 5.68. The Labute approximate surface area is 168 Å². The first kappa shape index (κ1) is 24.2. The summed E-state index contributed by atoms with van der Waals surface area (Å²) in [7, 11) is 0. The van der Waals surface area contributed by atoms with Crippen molar-refractivity contribution in [2.45, 2.75) is 116 Å². The topological polar surface area (TPSA) is 38.3 Å². The molecule has 0 spiro atoms. The van der Waals surface area contributed by atoms with Crippen LogP contribution in [-0.4, -0.2) is 25.2 Å². The standard InChI is InChI=1S/C24H45NO2/c1-3-5-6-7-8-9-10-11-12-13-14-15-16-17-18-19-24(26)25-20-22-21-27-23(22)4-2/h11-12,22-23H,3-10,13-21H2,1-2H3,(H,25,26)/b12-11-. The number of amides is 1. The van der Waals surface area contributed by atoms with Gasteiger partial charge in [0.05, 0.1) is 12.7 Å². The van der Waals surface area contributed by atoms with Crippen molar-refractivity contribution in [2.75, 3.05) is 13.2 Å². The summed E-state index contributed by atoms with van der Waals surface area (Å²) in [6, 6.07) is 0. The molecule has 158 valence electrons. The van der Waals surface area contributed by atoms with Gasteiger partial charge in [0.15, 0.2) is 0 Å². The van der Waals surface area contributed by atoms with Gasteiger partial charge in [-0.1, -0.05) is 77.4 Å². The first-order valence-corrected chi connectivity index (χ1v) is 11.8. The lowest BCUT2D eigenvalue weighted by atomic mass is 9.96. The molecule has 0 saturated carbocycles. The number of ether oxygens (including phenoxy) is 1. The van der Waals surface area contributed by atoms with Gasteiger partial charge >= 0.3 is 0 Å². The van der Waals surface area contributed by atoms with Gasteiger partial charge < -0.3 is 10.1 Å². The van der Waals surface area contributed by atoms with E-state index in [0.717, 1.165) is 26.0 Å². The highest BCUT2D eigenvalue weighted by molar-refractivity contribution is 5.75. The lowest BCUT2D eigenvalue weighted by Gasteiger charge is -2.36. The third-order valence-corrected chi connectivity index (χ3v) is 5.68. The van der Waals surface area contributed by atoms with E-state index in [0.29, 0.717) is 18.4 Å². The molecule has 3 nitrogen and oxygen atoms in total. The van der Waals surface area contributed by atoms with E-state index in [1.807, 2.05) is 0 Å². The largest absolute Gasteiger partial charge is 0.377 e. The molecule has 1 amide bonds. The SMILES string of the molecule is CCCCCCCC/C=C\CCCCCCCC(=O)NCC1COC1CC. The Hall–Kier alpha value is -0.830. The van der Waals surface area contributed by atoms with E-state index in [2.05, 4.69) is 31.3 Å². The molecule has 1 rings (SSSR count). The minimum atomic E-state index is 0.217. The van der Waals surface area contributed by atoms with Crippen molar-refractivity contribution in [1.29, 1.82) is 0 Å². The Morgan fingerprint density at radius 3 is 2.04 bits per heavy atom. The summed E-state index contributed by atoms with van der Waals surface area (Å²) in [6.45, 7) is 6.02. The zero-order chi connectivity index (χ0) is 19.6. The summed E-state index contributed by atoms with van der Waals surface area (Å²) in [5, 5.41) is 3.07. The molecular weight excluding hydrogens is 334 g/mol. The quantitative estimate of drug-likeness (QED) is 0.216. The average Bonchev–Trinajstić information content (AvgIpc) is 2.64. The molecule has 0 radical (unpaired) electrons. The van der Waals surface area contributed by atoms with E-state index in [4.69, 9.17) is 4.74 Å². The molecule has 1 aliphatic heterocycles. The Balaban J connectivity index is 1.78. The number of carbonyl (C=O) groups is 1. The molecule has 0 aromatic heterocycles. The van der Waals surface area contributed by atoms with Crippen molar-refractivity contribution >= 4 is 5.91 Å². The second-order valence-corrected chi connectivity index (χ2v) is 8.18. The van der Waals surface area contributed by atoms with Crippen molar-refractivity contribution in [3.63, 3.8) is 0 Å². The van der Waals surface area contributed by atoms with Crippen LogP contribution in [-0.2, 0) is 9.53 Å². The summed E-state index contributed by atoms with van der Waals surface area (Å²) in [5.41, 5.74) is 0. The van der Waals surface area contributed by atoms with E-state index in [1.54, 1.807) is 0 Å². The van der Waals surface area contributed by atoms with Crippen molar-refractivity contribution in [1.82, 2.24) is 5.32 Å². The molecule has 0 aromatic carbocycles. The zero-order valence-electron chi connectivity index (χ0n) is 18.1. The number of hydrogen-bond acceptors (Lipinski definition) is 2. The summed E-state index contributed by atoms with van der Waals surface area (Å²) in [4.78, 5) is 11.9. The minimum Gasteiger partial charge on any atom is -0.377 e. The molecule has 2 atom stereocenters. The smallest absolute Gasteiger partial charge is 0.220 e. The van der Waals surface area contributed by atoms with Crippen molar-refractivity contribution in [3.8, 4) is 0 Å². The summed E-state index contributed by atoms with van der Waals surface area (Å²) >= 11 is 0. The van der Waals surface area contributed by atoms with Crippen LogP contribution in [0.2, 0.25) is 0 Å². The predicted octanol–water partition coefficient (Wildman–Crippen LogP) is 6.57. The molecule has 27 heavy (non-hydrogen) atoms. The minimum absolute atomic E-state index is 0.217. The molecule has 1 aliphatic rings. The maximum atomic E-state index is 11.9. The van der Waals surface area contributed by atoms with E-state index < -0.39 is 0 Å². The number of unbranched alkanes of at least 4 members (excludes halogenated alkanes) is 11. The highest BCUT2D eigenvalue weighted by atomic mass is 16.5. The van der Waals surface area contributed by atoms with Crippen LogP contribution in [0.1, 0.15) is 110 Å².